The maximum absolute atomic E-state index is 4.35. The number of rotatable bonds is 0. The molecule has 3 saturated carbocycles. The summed E-state index contributed by atoms with van der Waals surface area (Å²) in [5, 5.41) is 0. The van der Waals surface area contributed by atoms with Crippen LogP contribution in [0, 0.1) is 35.0 Å². The van der Waals surface area contributed by atoms with E-state index in [1.165, 1.54) is 25.7 Å². The van der Waals surface area contributed by atoms with Gasteiger partial charge >= 0.3 is 0 Å². The summed E-state index contributed by atoms with van der Waals surface area (Å²) in [6, 6.07) is 0. The molecule has 0 radical (unpaired) electrons. The summed E-state index contributed by atoms with van der Waals surface area (Å²) in [6.45, 7) is 11.8. The first-order valence-corrected chi connectivity index (χ1v) is 6.71. The van der Waals surface area contributed by atoms with E-state index in [0.717, 1.165) is 29.6 Å². The van der Waals surface area contributed by atoms with Gasteiger partial charge in [0.15, 0.2) is 0 Å². The fourth-order valence-electron chi connectivity index (χ4n) is 4.93. The maximum atomic E-state index is 4.35. The maximum Gasteiger partial charge on any atom is -0.0172 e. The molecule has 5 atom stereocenters. The summed E-state index contributed by atoms with van der Waals surface area (Å²) in [5.74, 6) is 4.87. The highest BCUT2D eigenvalue weighted by atomic mass is 14.7. The van der Waals surface area contributed by atoms with E-state index in [-0.39, 0.29) is 0 Å². The van der Waals surface area contributed by atoms with Crippen molar-refractivity contribution in [3.05, 3.63) is 12.2 Å². The van der Waals surface area contributed by atoms with Crippen molar-refractivity contribution in [3.8, 4) is 0 Å². The number of fused-ring (bicyclic) bond motifs is 3. The topological polar surface area (TPSA) is 0 Å². The SMILES string of the molecule is C=C1CC[C@@H]2[C@H]([C@H]3[C@H](C)CC[C@H]13)C2(C)C. The molecule has 0 saturated heterocycles. The Balaban J connectivity index is 1.93. The second-order valence-electron chi connectivity index (χ2n) is 6.89. The molecule has 3 aliphatic rings. The molecule has 0 aromatic carbocycles. The second kappa shape index (κ2) is 2.90. The lowest BCUT2D eigenvalue weighted by molar-refractivity contribution is 0.280. The van der Waals surface area contributed by atoms with Gasteiger partial charge in [-0.15, -0.1) is 0 Å². The largest absolute Gasteiger partial charge is 0.0996 e. The fourth-order valence-corrected chi connectivity index (χ4v) is 4.93. The minimum atomic E-state index is 0.655. The van der Waals surface area contributed by atoms with E-state index < -0.39 is 0 Å². The smallest absolute Gasteiger partial charge is 0.0172 e. The molecular weight excluding hydrogens is 180 g/mol. The molecule has 3 fully saturated rings. The minimum absolute atomic E-state index is 0.655. The minimum Gasteiger partial charge on any atom is -0.0996 e. The molecule has 15 heavy (non-hydrogen) atoms. The first kappa shape index (κ1) is 9.93. The van der Waals surface area contributed by atoms with Crippen LogP contribution in [-0.2, 0) is 0 Å². The van der Waals surface area contributed by atoms with Gasteiger partial charge in [-0.3, -0.25) is 0 Å². The molecule has 0 nitrogen and oxygen atoms in total. The van der Waals surface area contributed by atoms with Gasteiger partial charge in [0.2, 0.25) is 0 Å². The van der Waals surface area contributed by atoms with Crippen LogP contribution in [0.1, 0.15) is 46.5 Å². The average Bonchev–Trinajstić information content (AvgIpc) is 2.55. The Labute approximate surface area is 94.1 Å². The highest BCUT2D eigenvalue weighted by Gasteiger charge is 2.64. The Morgan fingerprint density at radius 3 is 2.67 bits per heavy atom. The predicted molar refractivity (Wildman–Crippen MR) is 64.5 cm³/mol. The summed E-state index contributed by atoms with van der Waals surface area (Å²) in [7, 11) is 0. The van der Waals surface area contributed by atoms with Crippen LogP contribution in [0.3, 0.4) is 0 Å². The molecule has 0 heterocycles. The summed E-state index contributed by atoms with van der Waals surface area (Å²) in [5.41, 5.74) is 2.25. The Kier molecular flexibility index (Phi) is 1.92. The predicted octanol–water partition coefficient (Wildman–Crippen LogP) is 4.27. The third kappa shape index (κ3) is 1.20. The monoisotopic (exact) mass is 204 g/mol. The third-order valence-corrected chi connectivity index (χ3v) is 5.91. The first-order valence-electron chi connectivity index (χ1n) is 6.71. The van der Waals surface area contributed by atoms with Crippen molar-refractivity contribution in [1.82, 2.24) is 0 Å². The molecular formula is C15H24. The number of hydrogen-bond donors (Lipinski definition) is 0. The van der Waals surface area contributed by atoms with Crippen molar-refractivity contribution in [2.24, 2.45) is 35.0 Å². The average molecular weight is 204 g/mol. The molecule has 0 N–H and O–H groups in total. The summed E-state index contributed by atoms with van der Waals surface area (Å²) < 4.78 is 0. The van der Waals surface area contributed by atoms with Crippen LogP contribution in [0.5, 0.6) is 0 Å². The molecule has 0 unspecified atom stereocenters. The second-order valence-corrected chi connectivity index (χ2v) is 6.89. The molecule has 3 aliphatic carbocycles. The van der Waals surface area contributed by atoms with Crippen molar-refractivity contribution < 1.29 is 0 Å². The lowest BCUT2D eigenvalue weighted by Gasteiger charge is -2.25. The van der Waals surface area contributed by atoms with Crippen LogP contribution in [0.25, 0.3) is 0 Å². The quantitative estimate of drug-likeness (QED) is 0.517. The first-order chi connectivity index (χ1) is 7.03. The van der Waals surface area contributed by atoms with E-state index in [9.17, 15) is 0 Å². The van der Waals surface area contributed by atoms with Crippen molar-refractivity contribution >= 4 is 0 Å². The lowest BCUT2D eigenvalue weighted by atomic mass is 9.80. The van der Waals surface area contributed by atoms with Gasteiger partial charge in [0, 0.05) is 0 Å². The zero-order valence-electron chi connectivity index (χ0n) is 10.4. The Bertz CT molecular complexity index is 299. The summed E-state index contributed by atoms with van der Waals surface area (Å²) in [6.07, 6.45) is 5.63. The highest BCUT2D eigenvalue weighted by molar-refractivity contribution is 5.20. The molecule has 0 aromatic heterocycles. The Morgan fingerprint density at radius 2 is 1.93 bits per heavy atom. The summed E-state index contributed by atoms with van der Waals surface area (Å²) in [4.78, 5) is 0. The van der Waals surface area contributed by atoms with Crippen LogP contribution in [0.2, 0.25) is 0 Å². The number of hydrogen-bond acceptors (Lipinski definition) is 0. The molecule has 3 rings (SSSR count). The molecule has 0 spiro atoms. The van der Waals surface area contributed by atoms with Crippen LogP contribution < -0.4 is 0 Å². The number of allylic oxidation sites excluding steroid dienone is 1. The molecule has 0 amide bonds. The zero-order chi connectivity index (χ0) is 10.8. The van der Waals surface area contributed by atoms with Gasteiger partial charge in [-0.25, -0.2) is 0 Å². The van der Waals surface area contributed by atoms with Crippen LogP contribution >= 0.6 is 0 Å². The molecule has 0 heteroatoms. The van der Waals surface area contributed by atoms with E-state index in [0.29, 0.717) is 5.41 Å². The van der Waals surface area contributed by atoms with Crippen molar-refractivity contribution in [2.45, 2.75) is 46.5 Å². The van der Waals surface area contributed by atoms with Gasteiger partial charge in [-0.05, 0) is 60.7 Å². The van der Waals surface area contributed by atoms with Gasteiger partial charge in [0.05, 0.1) is 0 Å². The van der Waals surface area contributed by atoms with Crippen LogP contribution in [-0.4, -0.2) is 0 Å². The van der Waals surface area contributed by atoms with Crippen molar-refractivity contribution in [2.75, 3.05) is 0 Å². The van der Waals surface area contributed by atoms with Gasteiger partial charge in [-0.1, -0.05) is 32.9 Å². The highest BCUT2D eigenvalue weighted by Crippen LogP contribution is 2.70. The molecule has 84 valence electrons. The Morgan fingerprint density at radius 1 is 1.20 bits per heavy atom. The van der Waals surface area contributed by atoms with Crippen molar-refractivity contribution in [3.63, 3.8) is 0 Å². The summed E-state index contributed by atoms with van der Waals surface area (Å²) >= 11 is 0. The van der Waals surface area contributed by atoms with E-state index in [4.69, 9.17) is 0 Å². The molecule has 0 aliphatic heterocycles. The van der Waals surface area contributed by atoms with E-state index in [1.807, 2.05) is 0 Å². The zero-order valence-corrected chi connectivity index (χ0v) is 10.4. The lowest BCUT2D eigenvalue weighted by Crippen LogP contribution is -2.18. The van der Waals surface area contributed by atoms with Crippen LogP contribution in [0.4, 0.5) is 0 Å². The van der Waals surface area contributed by atoms with E-state index in [1.54, 1.807) is 5.57 Å². The standard InChI is InChI=1S/C15H24/c1-9-6-8-12-14(15(12,3)4)13-10(2)5-7-11(9)13/h10-14H,1,5-8H2,2-4H3/t10-,11-,12-,13+,14-/m1/s1. The van der Waals surface area contributed by atoms with Gasteiger partial charge < -0.3 is 0 Å². The van der Waals surface area contributed by atoms with Crippen molar-refractivity contribution in [1.29, 1.82) is 0 Å². The van der Waals surface area contributed by atoms with Gasteiger partial charge in [0.25, 0.3) is 0 Å². The van der Waals surface area contributed by atoms with E-state index >= 15 is 0 Å². The van der Waals surface area contributed by atoms with E-state index in [2.05, 4.69) is 27.4 Å². The molecule has 0 aromatic rings. The Hall–Kier alpha value is -0.260. The van der Waals surface area contributed by atoms with Gasteiger partial charge in [-0.2, -0.15) is 0 Å². The fraction of sp³-hybridized carbons (Fsp3) is 0.867. The normalized spacial score (nSPS) is 51.9. The van der Waals surface area contributed by atoms with Crippen LogP contribution in [0.15, 0.2) is 12.2 Å². The third-order valence-electron chi connectivity index (χ3n) is 5.91. The van der Waals surface area contributed by atoms with Gasteiger partial charge in [0.1, 0.15) is 0 Å². The molecule has 0 bridgehead atoms.